The van der Waals surface area contributed by atoms with E-state index < -0.39 is 0 Å². The Balaban J connectivity index is 2.27. The molecule has 0 bridgehead atoms. The van der Waals surface area contributed by atoms with Crippen LogP contribution in [-0.2, 0) is 6.54 Å². The Morgan fingerprint density at radius 3 is 3.00 bits per heavy atom. The van der Waals surface area contributed by atoms with E-state index in [4.69, 9.17) is 11.6 Å². The maximum absolute atomic E-state index is 5.76. The van der Waals surface area contributed by atoms with Gasteiger partial charge in [0.05, 0.1) is 10.9 Å². The quantitative estimate of drug-likeness (QED) is 0.583. The van der Waals surface area contributed by atoms with Gasteiger partial charge in [-0.25, -0.2) is 0 Å². The van der Waals surface area contributed by atoms with Crippen LogP contribution >= 0.6 is 22.9 Å². The van der Waals surface area contributed by atoms with Crippen molar-refractivity contribution >= 4 is 22.9 Å². The maximum atomic E-state index is 5.76. The number of hydrogen-bond acceptors (Lipinski definition) is 2. The Labute approximate surface area is 81.7 Å². The summed E-state index contributed by atoms with van der Waals surface area (Å²) in [6.45, 7) is 3.43. The first-order valence-corrected chi connectivity index (χ1v) is 4.87. The lowest BCUT2D eigenvalue weighted by molar-refractivity contribution is 0.781. The molecule has 3 heteroatoms. The minimum atomic E-state index is 0.742. The summed E-state index contributed by atoms with van der Waals surface area (Å²) < 4.78 is 0.841. The topological polar surface area (TPSA) is 12.0 Å². The zero-order chi connectivity index (χ0) is 8.81. The second kappa shape index (κ2) is 5.21. The zero-order valence-electron chi connectivity index (χ0n) is 6.86. The molecule has 1 aromatic rings. The Kier molecular flexibility index (Phi) is 4.16. The molecule has 1 heterocycles. The van der Waals surface area contributed by atoms with E-state index in [1.807, 2.05) is 19.1 Å². The highest BCUT2D eigenvalue weighted by Gasteiger charge is 1.95. The van der Waals surface area contributed by atoms with E-state index in [0.29, 0.717) is 0 Å². The smallest absolute Gasteiger partial charge is 0.0931 e. The monoisotopic (exact) mass is 199 g/mol. The van der Waals surface area contributed by atoms with Gasteiger partial charge >= 0.3 is 0 Å². The van der Waals surface area contributed by atoms with E-state index in [9.17, 15) is 0 Å². The Morgan fingerprint density at radius 1 is 1.58 bits per heavy atom. The molecule has 1 nitrogen and oxygen atoms in total. The first-order chi connectivity index (χ1) is 5.83. The number of hydrogen-bond donors (Lipinski definition) is 1. The third-order valence-corrected chi connectivity index (χ3v) is 2.55. The highest BCUT2D eigenvalue weighted by molar-refractivity contribution is 7.16. The molecule has 0 aromatic carbocycles. The summed E-state index contributed by atoms with van der Waals surface area (Å²) >= 11 is 7.36. The maximum Gasteiger partial charge on any atom is 0.0931 e. The van der Waals surface area contributed by atoms with Gasteiger partial charge in [-0.05, 0) is 19.1 Å². The van der Waals surface area contributed by atoms with Gasteiger partial charge in [-0.1, -0.05) is 17.5 Å². The Hall–Kier alpha value is -0.490. The molecule has 64 valence electrons. The first kappa shape index (κ1) is 9.60. The fraction of sp³-hybridized carbons (Fsp3) is 0.333. The summed E-state index contributed by atoms with van der Waals surface area (Å²) in [4.78, 5) is 1.25. The predicted molar refractivity (Wildman–Crippen MR) is 54.5 cm³/mol. The molecule has 0 aliphatic rings. The van der Waals surface area contributed by atoms with Crippen LogP contribution in [0, 0.1) is 11.8 Å². The van der Waals surface area contributed by atoms with Crippen molar-refractivity contribution < 1.29 is 0 Å². The lowest BCUT2D eigenvalue weighted by atomic mass is 10.4. The molecular weight excluding hydrogens is 190 g/mol. The molecule has 0 aliphatic carbocycles. The molecule has 0 unspecified atom stereocenters. The minimum absolute atomic E-state index is 0.742. The molecular formula is C9H10ClNS. The van der Waals surface area contributed by atoms with Gasteiger partial charge < -0.3 is 5.32 Å². The molecule has 0 amide bonds. The number of halogens is 1. The Morgan fingerprint density at radius 2 is 2.42 bits per heavy atom. The fourth-order valence-electron chi connectivity index (χ4n) is 0.783. The zero-order valence-corrected chi connectivity index (χ0v) is 8.43. The summed E-state index contributed by atoms with van der Waals surface area (Å²) in [6.07, 6.45) is 0. The van der Waals surface area contributed by atoms with Crippen molar-refractivity contribution in [3.63, 3.8) is 0 Å². The standard InChI is InChI=1S/C9H10ClNS/c1-2-3-6-11-7-8-4-5-9(10)12-8/h4-5,11H,6-7H2,1H3. The van der Waals surface area contributed by atoms with E-state index in [-0.39, 0.29) is 0 Å². The molecule has 0 saturated carbocycles. The van der Waals surface area contributed by atoms with Gasteiger partial charge in [0, 0.05) is 11.4 Å². The molecule has 1 rings (SSSR count). The van der Waals surface area contributed by atoms with Crippen molar-refractivity contribution in [1.82, 2.24) is 5.32 Å². The van der Waals surface area contributed by atoms with E-state index in [1.165, 1.54) is 4.88 Å². The van der Waals surface area contributed by atoms with Crippen molar-refractivity contribution in [1.29, 1.82) is 0 Å². The van der Waals surface area contributed by atoms with Crippen molar-refractivity contribution in [2.45, 2.75) is 13.5 Å². The summed E-state index contributed by atoms with van der Waals surface area (Å²) in [5.41, 5.74) is 0. The van der Waals surface area contributed by atoms with E-state index in [1.54, 1.807) is 11.3 Å². The molecule has 0 radical (unpaired) electrons. The van der Waals surface area contributed by atoms with Crippen LogP contribution in [0.5, 0.6) is 0 Å². The van der Waals surface area contributed by atoms with Gasteiger partial charge in [-0.3, -0.25) is 0 Å². The molecule has 0 spiro atoms. The van der Waals surface area contributed by atoms with Crippen LogP contribution in [0.15, 0.2) is 12.1 Å². The molecule has 1 N–H and O–H groups in total. The predicted octanol–water partition coefficient (Wildman–Crippen LogP) is 2.51. The molecule has 12 heavy (non-hydrogen) atoms. The Bertz CT molecular complexity index is 295. The SMILES string of the molecule is CC#CCNCc1ccc(Cl)s1. The highest BCUT2D eigenvalue weighted by Crippen LogP contribution is 2.20. The van der Waals surface area contributed by atoms with Gasteiger partial charge in [-0.2, -0.15) is 0 Å². The third kappa shape index (κ3) is 3.27. The third-order valence-electron chi connectivity index (χ3n) is 1.32. The van der Waals surface area contributed by atoms with Gasteiger partial charge in [-0.15, -0.1) is 17.3 Å². The van der Waals surface area contributed by atoms with E-state index >= 15 is 0 Å². The van der Waals surface area contributed by atoms with Crippen LogP contribution in [-0.4, -0.2) is 6.54 Å². The summed E-state index contributed by atoms with van der Waals surface area (Å²) in [5.74, 6) is 5.76. The van der Waals surface area contributed by atoms with Crippen molar-refractivity contribution in [2.24, 2.45) is 0 Å². The van der Waals surface area contributed by atoms with Gasteiger partial charge in [0.1, 0.15) is 0 Å². The van der Waals surface area contributed by atoms with Gasteiger partial charge in [0.2, 0.25) is 0 Å². The molecule has 0 aliphatic heterocycles. The second-order valence-corrected chi connectivity index (χ2v) is 4.04. The van der Waals surface area contributed by atoms with Gasteiger partial charge in [0.25, 0.3) is 0 Å². The highest BCUT2D eigenvalue weighted by atomic mass is 35.5. The molecule has 0 fully saturated rings. The van der Waals surface area contributed by atoms with Crippen molar-refractivity contribution in [2.75, 3.05) is 6.54 Å². The average molecular weight is 200 g/mol. The molecule has 0 saturated heterocycles. The summed E-state index contributed by atoms with van der Waals surface area (Å²) in [6, 6.07) is 3.94. The lowest BCUT2D eigenvalue weighted by Crippen LogP contribution is -2.11. The lowest BCUT2D eigenvalue weighted by Gasteiger charge is -1.94. The number of rotatable bonds is 3. The largest absolute Gasteiger partial charge is 0.301 e. The first-order valence-electron chi connectivity index (χ1n) is 3.67. The fourth-order valence-corrected chi connectivity index (χ4v) is 1.84. The molecule has 0 atom stereocenters. The number of thiophene rings is 1. The van der Waals surface area contributed by atoms with Crippen LogP contribution in [0.4, 0.5) is 0 Å². The van der Waals surface area contributed by atoms with E-state index in [2.05, 4.69) is 17.2 Å². The van der Waals surface area contributed by atoms with Crippen molar-refractivity contribution in [3.8, 4) is 11.8 Å². The molecule has 1 aromatic heterocycles. The second-order valence-electron chi connectivity index (χ2n) is 2.24. The summed E-state index contributed by atoms with van der Waals surface area (Å²) in [7, 11) is 0. The van der Waals surface area contributed by atoms with Crippen LogP contribution in [0.3, 0.4) is 0 Å². The van der Waals surface area contributed by atoms with Crippen LogP contribution in [0.2, 0.25) is 4.34 Å². The van der Waals surface area contributed by atoms with E-state index in [0.717, 1.165) is 17.4 Å². The number of nitrogens with one attached hydrogen (secondary N) is 1. The van der Waals surface area contributed by atoms with Crippen molar-refractivity contribution in [3.05, 3.63) is 21.3 Å². The van der Waals surface area contributed by atoms with Gasteiger partial charge in [0.15, 0.2) is 0 Å². The minimum Gasteiger partial charge on any atom is -0.301 e. The average Bonchev–Trinajstić information content (AvgIpc) is 2.45. The van der Waals surface area contributed by atoms with Crippen LogP contribution in [0.1, 0.15) is 11.8 Å². The summed E-state index contributed by atoms with van der Waals surface area (Å²) in [5, 5.41) is 3.19. The van der Waals surface area contributed by atoms with Crippen LogP contribution in [0.25, 0.3) is 0 Å². The normalized spacial score (nSPS) is 9.17. The van der Waals surface area contributed by atoms with Crippen LogP contribution < -0.4 is 5.32 Å².